The van der Waals surface area contributed by atoms with Gasteiger partial charge in [0.2, 0.25) is 5.91 Å². The maximum Gasteiger partial charge on any atom is 0.233 e. The van der Waals surface area contributed by atoms with Crippen LogP contribution in [0.3, 0.4) is 0 Å². The van der Waals surface area contributed by atoms with Crippen LogP contribution in [0.25, 0.3) is 0 Å². The molecule has 1 aromatic carbocycles. The summed E-state index contributed by atoms with van der Waals surface area (Å²) in [5.41, 5.74) is 1.06. The fourth-order valence-corrected chi connectivity index (χ4v) is 3.54. The third-order valence-corrected chi connectivity index (χ3v) is 5.32. The summed E-state index contributed by atoms with van der Waals surface area (Å²) in [5.74, 6) is 1.16. The molecule has 1 aliphatic carbocycles. The average Bonchev–Trinajstić information content (AvgIpc) is 3.35. The molecule has 1 saturated heterocycles. The normalized spacial score (nSPS) is 21.1. The first-order valence-electron chi connectivity index (χ1n) is 8.56. The van der Waals surface area contributed by atoms with E-state index in [4.69, 9.17) is 4.74 Å². The second kappa shape index (κ2) is 5.82. The first-order chi connectivity index (χ1) is 10.9. The van der Waals surface area contributed by atoms with Crippen molar-refractivity contribution in [2.75, 3.05) is 33.3 Å². The van der Waals surface area contributed by atoms with Crippen molar-refractivity contribution in [2.45, 2.75) is 44.6 Å². The lowest BCUT2D eigenvalue weighted by Crippen LogP contribution is -2.56. The lowest BCUT2D eigenvalue weighted by molar-refractivity contribution is -0.136. The van der Waals surface area contributed by atoms with Crippen LogP contribution >= 0.6 is 0 Å². The first kappa shape index (κ1) is 16.3. The Morgan fingerprint density at radius 3 is 2.04 bits per heavy atom. The van der Waals surface area contributed by atoms with E-state index in [0.29, 0.717) is 5.91 Å². The average molecular weight is 316 g/mol. The van der Waals surface area contributed by atoms with Crippen LogP contribution in [0.2, 0.25) is 0 Å². The predicted octanol–water partition coefficient (Wildman–Crippen LogP) is 2.67. The van der Waals surface area contributed by atoms with Gasteiger partial charge >= 0.3 is 0 Å². The monoisotopic (exact) mass is 316 g/mol. The van der Waals surface area contributed by atoms with E-state index < -0.39 is 0 Å². The van der Waals surface area contributed by atoms with Gasteiger partial charge in [0, 0.05) is 31.7 Å². The van der Waals surface area contributed by atoms with Crippen molar-refractivity contribution in [3.8, 4) is 5.75 Å². The van der Waals surface area contributed by atoms with Gasteiger partial charge in [-0.2, -0.15) is 0 Å². The van der Waals surface area contributed by atoms with Gasteiger partial charge in [-0.3, -0.25) is 9.69 Å². The highest BCUT2D eigenvalue weighted by molar-refractivity contribution is 5.91. The van der Waals surface area contributed by atoms with Crippen LogP contribution in [0.1, 0.15) is 39.2 Å². The molecule has 23 heavy (non-hydrogen) atoms. The number of hydrogen-bond donors (Lipinski definition) is 0. The number of methoxy groups -OCH3 is 1. The molecule has 0 radical (unpaired) electrons. The fraction of sp³-hybridized carbons (Fsp3) is 0.632. The van der Waals surface area contributed by atoms with Crippen molar-refractivity contribution >= 4 is 5.91 Å². The number of nitrogens with zero attached hydrogens (tertiary/aromatic N) is 2. The number of amides is 1. The van der Waals surface area contributed by atoms with Gasteiger partial charge in [0.15, 0.2) is 0 Å². The van der Waals surface area contributed by atoms with Crippen molar-refractivity contribution in [3.63, 3.8) is 0 Å². The Hall–Kier alpha value is -1.55. The summed E-state index contributed by atoms with van der Waals surface area (Å²) >= 11 is 0. The third-order valence-electron chi connectivity index (χ3n) is 5.32. The van der Waals surface area contributed by atoms with Crippen LogP contribution in [0.5, 0.6) is 5.75 Å². The zero-order valence-corrected chi connectivity index (χ0v) is 14.8. The molecule has 126 valence electrons. The lowest BCUT2D eigenvalue weighted by Gasteiger charge is -2.43. The Balaban J connectivity index is 1.68. The highest BCUT2D eigenvalue weighted by Gasteiger charge is 2.53. The highest BCUT2D eigenvalue weighted by Crippen LogP contribution is 2.50. The zero-order valence-electron chi connectivity index (χ0n) is 14.8. The van der Waals surface area contributed by atoms with E-state index in [1.807, 2.05) is 12.1 Å². The van der Waals surface area contributed by atoms with Gasteiger partial charge in [-0.1, -0.05) is 12.1 Å². The molecule has 3 rings (SSSR count). The zero-order chi connectivity index (χ0) is 16.7. The number of benzene rings is 1. The third kappa shape index (κ3) is 3.09. The maximum absolute atomic E-state index is 13.1. The summed E-state index contributed by atoms with van der Waals surface area (Å²) in [4.78, 5) is 17.6. The van der Waals surface area contributed by atoms with E-state index in [2.05, 4.69) is 42.7 Å². The number of carbonyl (C=O) groups excluding carboxylic acids is 1. The van der Waals surface area contributed by atoms with E-state index in [9.17, 15) is 4.79 Å². The molecule has 2 fully saturated rings. The molecular weight excluding hydrogens is 288 g/mol. The smallest absolute Gasteiger partial charge is 0.233 e. The van der Waals surface area contributed by atoms with Crippen LogP contribution in [0.4, 0.5) is 0 Å². The molecule has 1 amide bonds. The maximum atomic E-state index is 13.1. The molecule has 0 bridgehead atoms. The summed E-state index contributed by atoms with van der Waals surface area (Å²) in [5, 5.41) is 0. The van der Waals surface area contributed by atoms with Gasteiger partial charge in [0.25, 0.3) is 0 Å². The van der Waals surface area contributed by atoms with Gasteiger partial charge in [-0.05, 0) is 51.3 Å². The number of rotatable bonds is 3. The van der Waals surface area contributed by atoms with Gasteiger partial charge in [-0.25, -0.2) is 0 Å². The van der Waals surface area contributed by atoms with Crippen LogP contribution < -0.4 is 4.74 Å². The molecular formula is C19H28N2O2. The van der Waals surface area contributed by atoms with E-state index in [1.165, 1.54) is 0 Å². The SMILES string of the molecule is COc1ccc(C2(C(=O)N3CCN(C(C)(C)C)CC3)CC2)cc1. The minimum absolute atomic E-state index is 0.183. The van der Waals surface area contributed by atoms with Crippen LogP contribution in [-0.2, 0) is 10.2 Å². The van der Waals surface area contributed by atoms with Crippen LogP contribution in [0, 0.1) is 0 Å². The van der Waals surface area contributed by atoms with E-state index in [-0.39, 0.29) is 11.0 Å². The topological polar surface area (TPSA) is 32.8 Å². The van der Waals surface area contributed by atoms with Crippen molar-refractivity contribution < 1.29 is 9.53 Å². The van der Waals surface area contributed by atoms with Gasteiger partial charge in [-0.15, -0.1) is 0 Å². The van der Waals surface area contributed by atoms with Crippen molar-refractivity contribution in [1.29, 1.82) is 0 Å². The van der Waals surface area contributed by atoms with E-state index in [0.717, 1.165) is 50.3 Å². The van der Waals surface area contributed by atoms with Gasteiger partial charge in [0.05, 0.1) is 12.5 Å². The Labute approximate surface area is 139 Å². The minimum atomic E-state index is -0.268. The first-order valence-corrected chi connectivity index (χ1v) is 8.56. The number of carbonyl (C=O) groups is 1. The molecule has 0 unspecified atom stereocenters. The van der Waals surface area contributed by atoms with E-state index >= 15 is 0 Å². The summed E-state index contributed by atoms with van der Waals surface area (Å²) in [6.45, 7) is 10.3. The summed E-state index contributed by atoms with van der Waals surface area (Å²) in [6, 6.07) is 8.02. The Bertz CT molecular complexity index is 562. The van der Waals surface area contributed by atoms with Crippen molar-refractivity contribution in [3.05, 3.63) is 29.8 Å². The van der Waals surface area contributed by atoms with E-state index in [1.54, 1.807) is 7.11 Å². The standard InChI is InChI=1S/C19H28N2O2/c1-18(2,3)21-13-11-20(12-14-21)17(22)19(9-10-19)15-5-7-16(23-4)8-6-15/h5-8H,9-14H2,1-4H3. The molecule has 2 aliphatic rings. The van der Waals surface area contributed by atoms with Gasteiger partial charge < -0.3 is 9.64 Å². The van der Waals surface area contributed by atoms with Crippen LogP contribution in [-0.4, -0.2) is 54.5 Å². The van der Waals surface area contributed by atoms with Gasteiger partial charge in [0.1, 0.15) is 5.75 Å². The Kier molecular flexibility index (Phi) is 4.13. The lowest BCUT2D eigenvalue weighted by atomic mass is 9.93. The minimum Gasteiger partial charge on any atom is -0.497 e. The molecule has 0 N–H and O–H groups in total. The predicted molar refractivity (Wildman–Crippen MR) is 91.8 cm³/mol. The Morgan fingerprint density at radius 2 is 1.61 bits per heavy atom. The molecule has 4 nitrogen and oxygen atoms in total. The highest BCUT2D eigenvalue weighted by atomic mass is 16.5. The van der Waals surface area contributed by atoms with Crippen molar-refractivity contribution in [1.82, 2.24) is 9.80 Å². The largest absolute Gasteiger partial charge is 0.497 e. The molecule has 0 spiro atoms. The molecule has 1 aliphatic heterocycles. The second-order valence-electron chi connectivity index (χ2n) is 7.76. The number of ether oxygens (including phenoxy) is 1. The number of hydrogen-bond acceptors (Lipinski definition) is 3. The molecule has 0 atom stereocenters. The second-order valence-corrected chi connectivity index (χ2v) is 7.76. The molecule has 1 heterocycles. The fourth-order valence-electron chi connectivity index (χ4n) is 3.54. The van der Waals surface area contributed by atoms with Crippen molar-refractivity contribution in [2.24, 2.45) is 0 Å². The quantitative estimate of drug-likeness (QED) is 0.859. The molecule has 0 aromatic heterocycles. The summed E-state index contributed by atoms with van der Waals surface area (Å²) in [6.07, 6.45) is 1.94. The molecule has 1 saturated carbocycles. The number of piperazine rings is 1. The van der Waals surface area contributed by atoms with Crippen LogP contribution in [0.15, 0.2) is 24.3 Å². The molecule has 4 heteroatoms. The Morgan fingerprint density at radius 1 is 1.04 bits per heavy atom. The summed E-state index contributed by atoms with van der Waals surface area (Å²) in [7, 11) is 1.67. The summed E-state index contributed by atoms with van der Waals surface area (Å²) < 4.78 is 5.22. The molecule has 1 aromatic rings.